The van der Waals surface area contributed by atoms with Crippen molar-refractivity contribution in [3.05, 3.63) is 0 Å². The molecule has 0 saturated carbocycles. The van der Waals surface area contributed by atoms with E-state index in [-0.39, 0.29) is 18.2 Å². The normalized spacial score (nSPS) is 12.5. The van der Waals surface area contributed by atoms with Gasteiger partial charge in [-0.1, -0.05) is 13.8 Å². The number of hydrogen-bond acceptors (Lipinski definition) is 3. The van der Waals surface area contributed by atoms with Gasteiger partial charge in [-0.15, -0.1) is 0 Å². The zero-order valence-corrected chi connectivity index (χ0v) is 9.45. The lowest BCUT2D eigenvalue weighted by molar-refractivity contribution is -0.125. The molecule has 5 N–H and O–H groups in total. The van der Waals surface area contributed by atoms with E-state index in [1.807, 2.05) is 13.8 Å². The number of carbonyl (C=O) groups is 2. The molecular formula is C10H21N3O2. The number of carbonyl (C=O) groups excluding carboxylic acids is 2. The van der Waals surface area contributed by atoms with E-state index >= 15 is 0 Å². The van der Waals surface area contributed by atoms with Crippen LogP contribution in [0.25, 0.3) is 0 Å². The number of nitrogens with one attached hydrogen (secondary N) is 1. The lowest BCUT2D eigenvalue weighted by atomic mass is 9.96. The Labute approximate surface area is 90.6 Å². The van der Waals surface area contributed by atoms with Crippen LogP contribution >= 0.6 is 0 Å². The molecule has 2 amide bonds. The van der Waals surface area contributed by atoms with Crippen molar-refractivity contribution >= 4 is 11.8 Å². The van der Waals surface area contributed by atoms with Gasteiger partial charge in [0, 0.05) is 19.5 Å². The van der Waals surface area contributed by atoms with Crippen LogP contribution in [-0.4, -0.2) is 24.9 Å². The van der Waals surface area contributed by atoms with Crippen molar-refractivity contribution in [1.82, 2.24) is 5.32 Å². The highest BCUT2D eigenvalue weighted by Crippen LogP contribution is 2.10. The summed E-state index contributed by atoms with van der Waals surface area (Å²) in [6, 6.07) is 0. The smallest absolute Gasteiger partial charge is 0.224 e. The first-order valence-corrected chi connectivity index (χ1v) is 5.23. The molecule has 0 saturated heterocycles. The van der Waals surface area contributed by atoms with Gasteiger partial charge >= 0.3 is 0 Å². The van der Waals surface area contributed by atoms with Crippen LogP contribution in [0.5, 0.6) is 0 Å². The van der Waals surface area contributed by atoms with Crippen molar-refractivity contribution in [1.29, 1.82) is 0 Å². The highest BCUT2D eigenvalue weighted by molar-refractivity contribution is 5.80. The zero-order chi connectivity index (χ0) is 11.8. The number of nitrogens with two attached hydrogens (primary N) is 2. The molecule has 1 atom stereocenters. The van der Waals surface area contributed by atoms with Crippen LogP contribution < -0.4 is 16.8 Å². The monoisotopic (exact) mass is 215 g/mol. The Morgan fingerprint density at radius 1 is 1.33 bits per heavy atom. The van der Waals surface area contributed by atoms with Gasteiger partial charge in [0.25, 0.3) is 0 Å². The highest BCUT2D eigenvalue weighted by atomic mass is 16.2. The Hall–Kier alpha value is -1.10. The summed E-state index contributed by atoms with van der Waals surface area (Å²) in [6.45, 7) is 4.71. The third kappa shape index (κ3) is 6.90. The maximum absolute atomic E-state index is 11.5. The molecule has 0 bridgehead atoms. The Kier molecular flexibility index (Phi) is 6.70. The molecule has 15 heavy (non-hydrogen) atoms. The number of hydrogen-bond donors (Lipinski definition) is 3. The highest BCUT2D eigenvalue weighted by Gasteiger charge is 2.17. The lowest BCUT2D eigenvalue weighted by Crippen LogP contribution is -2.37. The summed E-state index contributed by atoms with van der Waals surface area (Å²) in [4.78, 5) is 22.0. The first-order valence-electron chi connectivity index (χ1n) is 5.23. The minimum atomic E-state index is -0.413. The molecule has 0 aliphatic carbocycles. The van der Waals surface area contributed by atoms with Crippen LogP contribution in [0.4, 0.5) is 0 Å². The molecule has 0 aromatic carbocycles. The van der Waals surface area contributed by atoms with E-state index in [1.54, 1.807) is 0 Å². The molecule has 0 fully saturated rings. The molecular weight excluding hydrogens is 194 g/mol. The van der Waals surface area contributed by atoms with E-state index in [4.69, 9.17) is 11.5 Å². The van der Waals surface area contributed by atoms with Crippen LogP contribution in [0, 0.1) is 11.8 Å². The molecule has 0 aliphatic rings. The van der Waals surface area contributed by atoms with Gasteiger partial charge in [-0.3, -0.25) is 9.59 Å². The van der Waals surface area contributed by atoms with Crippen molar-refractivity contribution < 1.29 is 9.59 Å². The van der Waals surface area contributed by atoms with Crippen LogP contribution in [-0.2, 0) is 9.59 Å². The Bertz CT molecular complexity index is 217. The topological polar surface area (TPSA) is 98.2 Å². The third-order valence-electron chi connectivity index (χ3n) is 2.08. The molecule has 0 heterocycles. The van der Waals surface area contributed by atoms with Gasteiger partial charge in [0.2, 0.25) is 11.8 Å². The van der Waals surface area contributed by atoms with Crippen LogP contribution in [0.15, 0.2) is 0 Å². The van der Waals surface area contributed by atoms with Gasteiger partial charge in [-0.2, -0.15) is 0 Å². The Morgan fingerprint density at radius 2 is 1.93 bits per heavy atom. The summed E-state index contributed by atoms with van der Waals surface area (Å²) < 4.78 is 0. The van der Waals surface area contributed by atoms with Crippen molar-refractivity contribution in [3.8, 4) is 0 Å². The van der Waals surface area contributed by atoms with Gasteiger partial charge in [0.05, 0.1) is 5.92 Å². The number of amides is 2. The second-order valence-corrected chi connectivity index (χ2v) is 4.07. The van der Waals surface area contributed by atoms with Crippen LogP contribution in [0.2, 0.25) is 0 Å². The van der Waals surface area contributed by atoms with Crippen molar-refractivity contribution in [3.63, 3.8) is 0 Å². The molecule has 0 radical (unpaired) electrons. The molecule has 0 rings (SSSR count). The lowest BCUT2D eigenvalue weighted by Gasteiger charge is -2.16. The number of rotatable bonds is 7. The maximum Gasteiger partial charge on any atom is 0.224 e. The van der Waals surface area contributed by atoms with E-state index < -0.39 is 5.91 Å². The van der Waals surface area contributed by atoms with Crippen molar-refractivity contribution in [2.45, 2.75) is 26.7 Å². The summed E-state index contributed by atoms with van der Waals surface area (Å²) in [6.07, 6.45) is 0.934. The average Bonchev–Trinajstić information content (AvgIpc) is 2.13. The van der Waals surface area contributed by atoms with E-state index in [0.29, 0.717) is 19.0 Å². The van der Waals surface area contributed by atoms with Gasteiger partial charge in [-0.05, 0) is 12.3 Å². The summed E-state index contributed by atoms with van der Waals surface area (Å²) in [5.74, 6) is -0.241. The Balaban J connectivity index is 3.88. The summed E-state index contributed by atoms with van der Waals surface area (Å²) in [7, 11) is 0. The van der Waals surface area contributed by atoms with Gasteiger partial charge in [0.15, 0.2) is 0 Å². The second-order valence-electron chi connectivity index (χ2n) is 4.07. The van der Waals surface area contributed by atoms with Gasteiger partial charge in [0.1, 0.15) is 0 Å². The summed E-state index contributed by atoms with van der Waals surface area (Å²) in [5, 5.41) is 2.65. The molecule has 88 valence electrons. The molecule has 1 unspecified atom stereocenters. The predicted molar refractivity (Wildman–Crippen MR) is 58.8 cm³/mol. The van der Waals surface area contributed by atoms with Crippen molar-refractivity contribution in [2.24, 2.45) is 23.3 Å². The minimum Gasteiger partial charge on any atom is -0.370 e. The van der Waals surface area contributed by atoms with Crippen LogP contribution in [0.1, 0.15) is 26.7 Å². The fourth-order valence-electron chi connectivity index (χ4n) is 1.33. The molecule has 0 spiro atoms. The van der Waals surface area contributed by atoms with E-state index in [0.717, 1.165) is 6.42 Å². The molecule has 0 aliphatic heterocycles. The maximum atomic E-state index is 11.5. The van der Waals surface area contributed by atoms with E-state index in [2.05, 4.69) is 5.32 Å². The van der Waals surface area contributed by atoms with E-state index in [1.165, 1.54) is 0 Å². The Morgan fingerprint density at radius 3 is 2.33 bits per heavy atom. The minimum absolute atomic E-state index is 0.0903. The number of primary amides is 1. The van der Waals surface area contributed by atoms with Gasteiger partial charge < -0.3 is 16.8 Å². The first-order chi connectivity index (χ1) is 6.97. The second kappa shape index (κ2) is 7.23. The molecule has 0 aromatic heterocycles. The average molecular weight is 215 g/mol. The SMILES string of the molecule is CC(C)CC(CN)C(=O)NCCC(N)=O. The van der Waals surface area contributed by atoms with Gasteiger partial charge in [-0.25, -0.2) is 0 Å². The standard InChI is InChI=1S/C10H21N3O2/c1-7(2)5-8(6-11)10(15)13-4-3-9(12)14/h7-8H,3-6,11H2,1-2H3,(H2,12,14)(H,13,15). The molecule has 5 heteroatoms. The zero-order valence-electron chi connectivity index (χ0n) is 9.45. The first kappa shape index (κ1) is 13.9. The molecule has 0 aromatic rings. The van der Waals surface area contributed by atoms with E-state index in [9.17, 15) is 9.59 Å². The van der Waals surface area contributed by atoms with Crippen LogP contribution in [0.3, 0.4) is 0 Å². The van der Waals surface area contributed by atoms with Crippen molar-refractivity contribution in [2.75, 3.05) is 13.1 Å². The quantitative estimate of drug-likeness (QED) is 0.539. The summed E-state index contributed by atoms with van der Waals surface area (Å²) in [5.41, 5.74) is 10.5. The fourth-order valence-corrected chi connectivity index (χ4v) is 1.33. The summed E-state index contributed by atoms with van der Waals surface area (Å²) >= 11 is 0. The largest absolute Gasteiger partial charge is 0.370 e. The predicted octanol–water partition coefficient (Wildman–Crippen LogP) is -0.401. The molecule has 5 nitrogen and oxygen atoms in total. The fraction of sp³-hybridized carbons (Fsp3) is 0.800. The third-order valence-corrected chi connectivity index (χ3v) is 2.08.